The summed E-state index contributed by atoms with van der Waals surface area (Å²) in [4.78, 5) is 26.9. The summed E-state index contributed by atoms with van der Waals surface area (Å²) >= 11 is 4.93. The molecule has 3 rings (SSSR count). The molecule has 0 fully saturated rings. The number of aromatic amines is 1. The van der Waals surface area contributed by atoms with Crippen molar-refractivity contribution in [1.29, 1.82) is 0 Å². The van der Waals surface area contributed by atoms with E-state index in [1.165, 1.54) is 4.90 Å². The van der Waals surface area contributed by atoms with E-state index in [1.54, 1.807) is 30.5 Å². The quantitative estimate of drug-likeness (QED) is 0.663. The monoisotopic (exact) mass is 418 g/mol. The Morgan fingerprint density at radius 3 is 2.80 bits per heavy atom. The minimum absolute atomic E-state index is 0.0681. The molecule has 2 amide bonds. The van der Waals surface area contributed by atoms with Crippen LogP contribution in [-0.4, -0.2) is 40.5 Å². The van der Waals surface area contributed by atoms with Crippen LogP contribution in [0.5, 0.6) is 0 Å². The second-order valence-electron chi connectivity index (χ2n) is 5.33. The van der Waals surface area contributed by atoms with Crippen LogP contribution in [0.15, 0.2) is 52.3 Å². The van der Waals surface area contributed by atoms with E-state index in [-0.39, 0.29) is 24.1 Å². The van der Waals surface area contributed by atoms with Gasteiger partial charge in [0.05, 0.1) is 22.8 Å². The van der Waals surface area contributed by atoms with E-state index in [2.05, 4.69) is 31.4 Å². The smallest absolute Gasteiger partial charge is 0.274 e. The number of rotatable bonds is 5. The van der Waals surface area contributed by atoms with Gasteiger partial charge in [-0.3, -0.25) is 14.7 Å². The second kappa shape index (κ2) is 7.62. The molecular formula is C17H15BrN4O2S. The highest BCUT2D eigenvalue weighted by atomic mass is 79.9. The van der Waals surface area contributed by atoms with Gasteiger partial charge in [-0.05, 0) is 45.6 Å². The van der Waals surface area contributed by atoms with E-state index in [0.717, 1.165) is 15.0 Å². The summed E-state index contributed by atoms with van der Waals surface area (Å²) in [6, 6.07) is 12.9. The largest absolute Gasteiger partial charge is 0.331 e. The Bertz CT molecular complexity index is 892. The molecule has 0 spiro atoms. The van der Waals surface area contributed by atoms with Gasteiger partial charge in [0.2, 0.25) is 5.91 Å². The average molecular weight is 419 g/mol. The number of amides is 2. The van der Waals surface area contributed by atoms with Crippen LogP contribution in [0.4, 0.5) is 5.69 Å². The first kappa shape index (κ1) is 17.4. The summed E-state index contributed by atoms with van der Waals surface area (Å²) in [5.74, 6) is -0.599. The van der Waals surface area contributed by atoms with Crippen LogP contribution in [0.1, 0.15) is 10.5 Å². The van der Waals surface area contributed by atoms with Gasteiger partial charge in [-0.1, -0.05) is 18.2 Å². The Balaban J connectivity index is 1.63. The van der Waals surface area contributed by atoms with Crippen LogP contribution in [0.25, 0.3) is 10.6 Å². The van der Waals surface area contributed by atoms with Crippen molar-refractivity contribution >= 4 is 44.8 Å². The number of carbonyl (C=O) groups is 2. The van der Waals surface area contributed by atoms with Crippen molar-refractivity contribution in [2.75, 3.05) is 18.9 Å². The Morgan fingerprint density at radius 1 is 1.28 bits per heavy atom. The van der Waals surface area contributed by atoms with Gasteiger partial charge in [0.25, 0.3) is 5.91 Å². The molecule has 0 aliphatic heterocycles. The summed E-state index contributed by atoms with van der Waals surface area (Å²) in [6.07, 6.45) is 0. The number of carbonyl (C=O) groups excluding carboxylic acids is 2. The topological polar surface area (TPSA) is 78.1 Å². The fourth-order valence-corrected chi connectivity index (χ4v) is 3.30. The van der Waals surface area contributed by atoms with Gasteiger partial charge in [-0.2, -0.15) is 5.10 Å². The number of thiophene rings is 1. The fourth-order valence-electron chi connectivity index (χ4n) is 2.22. The first-order chi connectivity index (χ1) is 12.0. The molecule has 0 radical (unpaired) electrons. The number of hydrogen-bond donors (Lipinski definition) is 2. The van der Waals surface area contributed by atoms with Gasteiger partial charge in [-0.15, -0.1) is 11.3 Å². The molecule has 0 saturated heterocycles. The third kappa shape index (κ3) is 4.15. The molecule has 0 atom stereocenters. The molecule has 8 heteroatoms. The van der Waals surface area contributed by atoms with E-state index in [4.69, 9.17) is 0 Å². The highest BCUT2D eigenvalue weighted by Crippen LogP contribution is 2.23. The molecule has 0 aliphatic rings. The molecule has 0 aliphatic carbocycles. The maximum absolute atomic E-state index is 12.4. The fraction of sp³-hybridized carbons (Fsp3) is 0.118. The van der Waals surface area contributed by atoms with E-state index in [0.29, 0.717) is 5.69 Å². The molecule has 128 valence electrons. The number of halogens is 1. The Hall–Kier alpha value is -2.45. The summed E-state index contributed by atoms with van der Waals surface area (Å²) in [6.45, 7) is -0.0681. The minimum atomic E-state index is -0.318. The lowest BCUT2D eigenvalue weighted by atomic mass is 10.3. The molecule has 1 aromatic carbocycles. The average Bonchev–Trinajstić information content (AvgIpc) is 3.27. The lowest BCUT2D eigenvalue weighted by Crippen LogP contribution is -2.35. The molecule has 3 aromatic rings. The Kier molecular flexibility index (Phi) is 5.30. The number of likely N-dealkylation sites (N-methyl/N-ethyl adjacent to an activating group) is 1. The number of benzene rings is 1. The molecule has 0 unspecified atom stereocenters. The third-order valence-corrected chi connectivity index (χ3v) is 5.05. The lowest BCUT2D eigenvalue weighted by molar-refractivity contribution is -0.116. The van der Waals surface area contributed by atoms with Crippen molar-refractivity contribution in [3.8, 4) is 10.6 Å². The molecule has 6 nitrogen and oxygen atoms in total. The zero-order valence-corrected chi connectivity index (χ0v) is 15.7. The number of para-hydroxylation sites is 1. The second-order valence-corrected chi connectivity index (χ2v) is 7.14. The first-order valence-electron chi connectivity index (χ1n) is 7.43. The van der Waals surface area contributed by atoms with Crippen molar-refractivity contribution in [2.45, 2.75) is 0 Å². The molecule has 25 heavy (non-hydrogen) atoms. The zero-order valence-electron chi connectivity index (χ0n) is 13.3. The first-order valence-corrected chi connectivity index (χ1v) is 9.11. The zero-order chi connectivity index (χ0) is 17.8. The lowest BCUT2D eigenvalue weighted by Gasteiger charge is -2.15. The van der Waals surface area contributed by atoms with Gasteiger partial charge < -0.3 is 10.2 Å². The number of aromatic nitrogens is 2. The number of nitrogens with zero attached hydrogens (tertiary/aromatic N) is 2. The van der Waals surface area contributed by atoms with Gasteiger partial charge in [0, 0.05) is 11.5 Å². The van der Waals surface area contributed by atoms with Gasteiger partial charge in [0.15, 0.2) is 5.69 Å². The predicted molar refractivity (Wildman–Crippen MR) is 102 cm³/mol. The molecule has 2 N–H and O–H groups in total. The highest BCUT2D eigenvalue weighted by Gasteiger charge is 2.18. The standard InChI is InChI=1S/C17H15BrN4O2S/c1-22(10-16(23)19-12-6-3-2-5-11(12)18)17(24)14-9-13(20-21-14)15-7-4-8-25-15/h2-9H,10H2,1H3,(H,19,23)(H,20,21). The maximum Gasteiger partial charge on any atom is 0.274 e. The third-order valence-electron chi connectivity index (χ3n) is 3.46. The SMILES string of the molecule is CN(CC(=O)Nc1ccccc1Br)C(=O)c1cc(-c2cccs2)[nH]n1. The summed E-state index contributed by atoms with van der Waals surface area (Å²) in [5, 5.41) is 11.6. The number of H-pyrrole nitrogens is 1. The summed E-state index contributed by atoms with van der Waals surface area (Å²) in [5.41, 5.74) is 1.72. The Morgan fingerprint density at radius 2 is 2.08 bits per heavy atom. The van der Waals surface area contributed by atoms with Gasteiger partial charge in [0.1, 0.15) is 0 Å². The van der Waals surface area contributed by atoms with Crippen molar-refractivity contribution in [3.63, 3.8) is 0 Å². The van der Waals surface area contributed by atoms with Gasteiger partial charge in [-0.25, -0.2) is 0 Å². The van der Waals surface area contributed by atoms with E-state index in [9.17, 15) is 9.59 Å². The molecule has 0 bridgehead atoms. The van der Waals surface area contributed by atoms with Crippen LogP contribution in [0.2, 0.25) is 0 Å². The van der Waals surface area contributed by atoms with Crippen molar-refractivity contribution in [2.24, 2.45) is 0 Å². The van der Waals surface area contributed by atoms with Crippen molar-refractivity contribution in [3.05, 3.63) is 58.0 Å². The van der Waals surface area contributed by atoms with Crippen LogP contribution < -0.4 is 5.32 Å². The molecular weight excluding hydrogens is 404 g/mol. The van der Waals surface area contributed by atoms with Crippen LogP contribution in [-0.2, 0) is 4.79 Å². The summed E-state index contributed by atoms with van der Waals surface area (Å²) < 4.78 is 0.783. The minimum Gasteiger partial charge on any atom is -0.331 e. The highest BCUT2D eigenvalue weighted by molar-refractivity contribution is 9.10. The number of nitrogens with one attached hydrogen (secondary N) is 2. The van der Waals surface area contributed by atoms with Crippen molar-refractivity contribution < 1.29 is 9.59 Å². The molecule has 2 heterocycles. The van der Waals surface area contributed by atoms with Crippen LogP contribution >= 0.6 is 27.3 Å². The van der Waals surface area contributed by atoms with E-state index < -0.39 is 0 Å². The number of hydrogen-bond acceptors (Lipinski definition) is 4. The molecule has 0 saturated carbocycles. The number of anilines is 1. The van der Waals surface area contributed by atoms with Gasteiger partial charge >= 0.3 is 0 Å². The van der Waals surface area contributed by atoms with Crippen LogP contribution in [0.3, 0.4) is 0 Å². The van der Waals surface area contributed by atoms with Crippen LogP contribution in [0, 0.1) is 0 Å². The summed E-state index contributed by atoms with van der Waals surface area (Å²) in [7, 11) is 1.57. The normalized spacial score (nSPS) is 10.5. The van der Waals surface area contributed by atoms with E-state index in [1.807, 2.05) is 35.7 Å². The predicted octanol–water partition coefficient (Wildman–Crippen LogP) is 3.61. The van der Waals surface area contributed by atoms with E-state index >= 15 is 0 Å². The molecule has 2 aromatic heterocycles. The maximum atomic E-state index is 12.4. The van der Waals surface area contributed by atoms with Crippen molar-refractivity contribution in [1.82, 2.24) is 15.1 Å². The Labute approximate surface area is 157 Å².